The van der Waals surface area contributed by atoms with Crippen molar-refractivity contribution in [3.8, 4) is 6.07 Å². The number of aromatic nitrogens is 1. The van der Waals surface area contributed by atoms with Crippen molar-refractivity contribution in [2.24, 2.45) is 0 Å². The Morgan fingerprint density at radius 1 is 1.41 bits per heavy atom. The van der Waals surface area contributed by atoms with Crippen LogP contribution < -0.4 is 10.6 Å². The Balaban J connectivity index is 1.70. The molecule has 2 heterocycles. The molecule has 27 heavy (non-hydrogen) atoms. The molecule has 4 rings (SSSR count). The Morgan fingerprint density at radius 3 is 2.89 bits per heavy atom. The first kappa shape index (κ1) is 18.2. The van der Waals surface area contributed by atoms with E-state index in [1.807, 2.05) is 18.2 Å². The molecule has 2 aromatic rings. The number of allylic oxidation sites excluding steroid dienone is 4. The molecule has 2 aliphatic rings. The number of nitriles is 1. The van der Waals surface area contributed by atoms with Crippen LogP contribution in [0.2, 0.25) is 0 Å². The van der Waals surface area contributed by atoms with Crippen LogP contribution in [-0.4, -0.2) is 32.5 Å². The second kappa shape index (κ2) is 6.48. The number of benzene rings is 1. The summed E-state index contributed by atoms with van der Waals surface area (Å²) in [4.78, 5) is 8.68. The minimum Gasteiger partial charge on any atom is -0.375 e. The van der Waals surface area contributed by atoms with Gasteiger partial charge in [-0.2, -0.15) is 5.26 Å². The van der Waals surface area contributed by atoms with Gasteiger partial charge >= 0.3 is 0 Å². The van der Waals surface area contributed by atoms with Crippen molar-refractivity contribution >= 4 is 61.3 Å². The fourth-order valence-corrected chi connectivity index (χ4v) is 5.15. The molecule has 1 fully saturated rings. The Hall–Kier alpha value is -2.14. The van der Waals surface area contributed by atoms with Gasteiger partial charge in [-0.15, -0.1) is 11.6 Å². The number of nitrogens with two attached hydrogens (primary N) is 1. The number of alkyl halides is 1. The monoisotopic (exact) mass is 415 g/mol. The first-order chi connectivity index (χ1) is 12.8. The maximum Gasteiger partial charge on any atom is 0.181 e. The number of rotatable bonds is 2. The Kier molecular flexibility index (Phi) is 4.38. The van der Waals surface area contributed by atoms with Crippen LogP contribution in [0.15, 0.2) is 41.6 Å². The molecule has 0 saturated carbocycles. The van der Waals surface area contributed by atoms with E-state index >= 15 is 0 Å². The van der Waals surface area contributed by atoms with E-state index in [0.29, 0.717) is 17.1 Å². The SMILES string of the molecule is CC1(C)CN(C2=CC=C(C#N)C(Cl)C2)C(=S)N1c1ccc2sc(N)nc2c1. The number of thiazole rings is 1. The number of thiocarbonyl (C=S) groups is 1. The van der Waals surface area contributed by atoms with Crippen LogP contribution >= 0.6 is 35.2 Å². The lowest BCUT2D eigenvalue weighted by Gasteiger charge is -2.31. The van der Waals surface area contributed by atoms with Crippen LogP contribution in [0, 0.1) is 11.3 Å². The van der Waals surface area contributed by atoms with E-state index in [-0.39, 0.29) is 10.9 Å². The minimum absolute atomic E-state index is 0.200. The number of hydrogen-bond acceptors (Lipinski definition) is 5. The summed E-state index contributed by atoms with van der Waals surface area (Å²) in [7, 11) is 0. The lowest BCUT2D eigenvalue weighted by atomic mass is 10.0. The first-order valence-corrected chi connectivity index (χ1v) is 10.2. The van der Waals surface area contributed by atoms with Gasteiger partial charge < -0.3 is 15.5 Å². The van der Waals surface area contributed by atoms with E-state index in [1.165, 1.54) is 11.3 Å². The number of hydrogen-bond donors (Lipinski definition) is 1. The Labute approximate surface area is 172 Å². The number of nitrogens with zero attached hydrogens (tertiary/aromatic N) is 4. The van der Waals surface area contributed by atoms with Crippen LogP contribution in [0.5, 0.6) is 0 Å². The predicted molar refractivity (Wildman–Crippen MR) is 116 cm³/mol. The normalized spacial score (nSPS) is 22.0. The average molecular weight is 416 g/mol. The van der Waals surface area contributed by atoms with Crippen LogP contribution in [0.4, 0.5) is 10.8 Å². The number of halogens is 1. The molecule has 1 aliphatic carbocycles. The molecule has 1 aromatic carbocycles. The third-order valence-electron chi connectivity index (χ3n) is 4.88. The van der Waals surface area contributed by atoms with Crippen molar-refractivity contribution in [2.75, 3.05) is 17.2 Å². The third-order valence-corrected chi connectivity index (χ3v) is 6.53. The summed E-state index contributed by atoms with van der Waals surface area (Å²) in [6, 6.07) is 8.29. The van der Waals surface area contributed by atoms with E-state index in [9.17, 15) is 0 Å². The summed E-state index contributed by atoms with van der Waals surface area (Å²) in [6.45, 7) is 5.07. The van der Waals surface area contributed by atoms with Gasteiger partial charge in [0.05, 0.1) is 27.2 Å². The van der Waals surface area contributed by atoms with Crippen LogP contribution in [0.1, 0.15) is 20.3 Å². The molecule has 1 atom stereocenters. The quantitative estimate of drug-likeness (QED) is 0.578. The summed E-state index contributed by atoms with van der Waals surface area (Å²) >= 11 is 13.7. The highest BCUT2D eigenvalue weighted by atomic mass is 35.5. The van der Waals surface area contributed by atoms with Crippen molar-refractivity contribution < 1.29 is 0 Å². The number of nitrogen functional groups attached to an aromatic ring is 1. The smallest absolute Gasteiger partial charge is 0.181 e. The molecule has 1 aliphatic heterocycles. The molecule has 138 valence electrons. The van der Waals surface area contributed by atoms with E-state index in [0.717, 1.165) is 33.3 Å². The standard InChI is InChI=1S/C19H18ClN5S2/c1-19(2)10-24(12-4-3-11(9-21)14(20)7-12)18(26)25(19)13-5-6-16-15(8-13)23-17(22)27-16/h3-6,8,14H,7,10H2,1-2H3,(H2,22,23). The second-order valence-corrected chi connectivity index (χ2v) is 9.24. The zero-order valence-electron chi connectivity index (χ0n) is 14.9. The molecule has 1 saturated heterocycles. The molecule has 5 nitrogen and oxygen atoms in total. The van der Waals surface area contributed by atoms with Gasteiger partial charge in [-0.1, -0.05) is 11.3 Å². The van der Waals surface area contributed by atoms with E-state index < -0.39 is 0 Å². The summed E-state index contributed by atoms with van der Waals surface area (Å²) in [5, 5.41) is 10.1. The summed E-state index contributed by atoms with van der Waals surface area (Å²) < 4.78 is 1.06. The van der Waals surface area contributed by atoms with Crippen molar-refractivity contribution in [2.45, 2.75) is 31.2 Å². The average Bonchev–Trinajstić information content (AvgIpc) is 3.09. The van der Waals surface area contributed by atoms with Gasteiger partial charge in [-0.25, -0.2) is 4.98 Å². The highest BCUT2D eigenvalue weighted by Gasteiger charge is 2.43. The lowest BCUT2D eigenvalue weighted by Crippen LogP contribution is -2.42. The van der Waals surface area contributed by atoms with Gasteiger partial charge in [-0.05, 0) is 56.4 Å². The highest BCUT2D eigenvalue weighted by Crippen LogP contribution is 2.38. The van der Waals surface area contributed by atoms with E-state index in [2.05, 4.69) is 40.8 Å². The first-order valence-electron chi connectivity index (χ1n) is 8.53. The van der Waals surface area contributed by atoms with Gasteiger partial charge in [0.15, 0.2) is 10.2 Å². The van der Waals surface area contributed by atoms with Crippen LogP contribution in [0.25, 0.3) is 10.2 Å². The van der Waals surface area contributed by atoms with Crippen molar-refractivity contribution in [3.05, 3.63) is 41.6 Å². The van der Waals surface area contributed by atoms with Gasteiger partial charge in [0.1, 0.15) is 0 Å². The van der Waals surface area contributed by atoms with Crippen LogP contribution in [0.3, 0.4) is 0 Å². The zero-order chi connectivity index (χ0) is 19.3. The van der Waals surface area contributed by atoms with Gasteiger partial charge in [0.2, 0.25) is 0 Å². The molecule has 0 bridgehead atoms. The molecule has 0 amide bonds. The lowest BCUT2D eigenvalue weighted by molar-refractivity contribution is 0.435. The fraction of sp³-hybridized carbons (Fsp3) is 0.316. The van der Waals surface area contributed by atoms with E-state index in [1.54, 1.807) is 6.08 Å². The maximum absolute atomic E-state index is 9.13. The molecular formula is C19H18ClN5S2. The summed E-state index contributed by atoms with van der Waals surface area (Å²) in [6.07, 6.45) is 4.33. The Bertz CT molecular complexity index is 1050. The number of fused-ring (bicyclic) bond motifs is 1. The topological polar surface area (TPSA) is 69.2 Å². The van der Waals surface area contributed by atoms with Gasteiger partial charge in [-0.3, -0.25) is 0 Å². The minimum atomic E-state index is -0.315. The number of anilines is 2. The Morgan fingerprint density at radius 2 is 2.19 bits per heavy atom. The molecular weight excluding hydrogens is 398 g/mol. The summed E-state index contributed by atoms with van der Waals surface area (Å²) in [5.41, 5.74) is 9.15. The van der Waals surface area contributed by atoms with Crippen molar-refractivity contribution in [1.29, 1.82) is 5.26 Å². The maximum atomic E-state index is 9.13. The van der Waals surface area contributed by atoms with Crippen molar-refractivity contribution in [3.63, 3.8) is 0 Å². The highest BCUT2D eigenvalue weighted by molar-refractivity contribution is 7.80. The van der Waals surface area contributed by atoms with E-state index in [4.69, 9.17) is 34.8 Å². The second-order valence-electron chi connectivity index (χ2n) is 7.28. The zero-order valence-corrected chi connectivity index (χ0v) is 17.3. The molecule has 0 spiro atoms. The van der Waals surface area contributed by atoms with Crippen LogP contribution in [-0.2, 0) is 0 Å². The van der Waals surface area contributed by atoms with Gasteiger partial charge in [0.25, 0.3) is 0 Å². The molecule has 0 radical (unpaired) electrons. The van der Waals surface area contributed by atoms with Gasteiger partial charge in [0, 0.05) is 29.9 Å². The molecule has 1 unspecified atom stereocenters. The van der Waals surface area contributed by atoms with Crippen molar-refractivity contribution in [1.82, 2.24) is 9.88 Å². The summed E-state index contributed by atoms with van der Waals surface area (Å²) in [5.74, 6) is 0. The predicted octanol–water partition coefficient (Wildman–Crippen LogP) is 4.41. The largest absolute Gasteiger partial charge is 0.375 e. The molecule has 2 N–H and O–H groups in total. The molecule has 1 aromatic heterocycles. The third kappa shape index (κ3) is 3.08. The fourth-order valence-electron chi connectivity index (χ4n) is 3.62. The molecule has 8 heteroatoms.